The Morgan fingerprint density at radius 2 is 1.47 bits per heavy atom. The lowest BCUT2D eigenvalue weighted by molar-refractivity contribution is 0.0734. The van der Waals surface area contributed by atoms with E-state index in [1.165, 1.54) is 24.3 Å². The average Bonchev–Trinajstić information content (AvgIpc) is 2.76. The van der Waals surface area contributed by atoms with E-state index >= 15 is 0 Å². The van der Waals surface area contributed by atoms with Crippen LogP contribution in [0, 0.1) is 35.1 Å². The van der Waals surface area contributed by atoms with Gasteiger partial charge >= 0.3 is 5.97 Å². The molecule has 0 aliphatic heterocycles. The summed E-state index contributed by atoms with van der Waals surface area (Å²) < 4.78 is 64.9. The molecule has 0 fully saturated rings. The molecule has 0 bridgehead atoms. The minimum absolute atomic E-state index is 0.0999. The third kappa shape index (κ3) is 5.88. The van der Waals surface area contributed by atoms with E-state index in [9.17, 15) is 22.4 Å². The van der Waals surface area contributed by atoms with Gasteiger partial charge in [0.1, 0.15) is 23.1 Å². The fourth-order valence-corrected chi connectivity index (χ4v) is 2.62. The summed E-state index contributed by atoms with van der Waals surface area (Å²) >= 11 is 0. The fraction of sp³-hybridized carbons (Fsp3) is 0.160. The molecule has 0 saturated heterocycles. The van der Waals surface area contributed by atoms with Gasteiger partial charge in [0.2, 0.25) is 0 Å². The minimum Gasteiger partial charge on any atom is -0.493 e. The van der Waals surface area contributed by atoms with Crippen LogP contribution in [0.2, 0.25) is 0 Å². The van der Waals surface area contributed by atoms with Crippen LogP contribution in [0.5, 0.6) is 11.5 Å². The molecule has 0 saturated carbocycles. The van der Waals surface area contributed by atoms with Crippen LogP contribution in [-0.2, 0) is 0 Å². The minimum atomic E-state index is -1.14. The average molecular weight is 442 g/mol. The monoisotopic (exact) mass is 442 g/mol. The molecule has 0 atom stereocenters. The van der Waals surface area contributed by atoms with Crippen LogP contribution in [0.3, 0.4) is 0 Å². The lowest BCUT2D eigenvalue weighted by Gasteiger charge is -2.06. The Kier molecular flexibility index (Phi) is 7.50. The van der Waals surface area contributed by atoms with Crippen molar-refractivity contribution in [3.05, 3.63) is 94.6 Å². The van der Waals surface area contributed by atoms with Crippen molar-refractivity contribution in [1.29, 1.82) is 0 Å². The normalized spacial score (nSPS) is 10.3. The van der Waals surface area contributed by atoms with Gasteiger partial charge in [-0.3, -0.25) is 0 Å². The first-order chi connectivity index (χ1) is 15.4. The van der Waals surface area contributed by atoms with Gasteiger partial charge in [0.05, 0.1) is 17.7 Å². The van der Waals surface area contributed by atoms with Crippen molar-refractivity contribution in [2.75, 3.05) is 6.61 Å². The van der Waals surface area contributed by atoms with Gasteiger partial charge in [0.25, 0.3) is 0 Å². The standard InChI is InChI=1S/C25H18F4O3/c1-2-3-12-31-19-14-22(27)20(23(28)15-19)10-6-16-4-7-17(8-5-16)25(30)32-18-9-11-21(26)24(29)13-18/h4-5,7-9,11,13-15H,2-3,12H2,1H3. The van der Waals surface area contributed by atoms with Crippen molar-refractivity contribution in [2.24, 2.45) is 0 Å². The number of carbonyl (C=O) groups excluding carboxylic acids is 1. The Labute approximate surface area is 182 Å². The molecule has 0 aliphatic carbocycles. The van der Waals surface area contributed by atoms with Crippen LogP contribution >= 0.6 is 0 Å². The number of hydrogen-bond donors (Lipinski definition) is 0. The highest BCUT2D eigenvalue weighted by Crippen LogP contribution is 2.21. The summed E-state index contributed by atoms with van der Waals surface area (Å²) in [5.74, 6) is 0.371. The second-order valence-electron chi connectivity index (χ2n) is 6.76. The molecular formula is C25H18F4O3. The summed E-state index contributed by atoms with van der Waals surface area (Å²) in [6.45, 7) is 2.34. The lowest BCUT2D eigenvalue weighted by atomic mass is 10.1. The number of benzene rings is 3. The summed E-state index contributed by atoms with van der Waals surface area (Å²) in [5.41, 5.74) is 0.136. The molecule has 3 nitrogen and oxygen atoms in total. The number of unbranched alkanes of at least 4 members (excludes halogenated alkanes) is 1. The van der Waals surface area contributed by atoms with E-state index in [-0.39, 0.29) is 17.1 Å². The molecule has 0 amide bonds. The lowest BCUT2D eigenvalue weighted by Crippen LogP contribution is -2.08. The maximum Gasteiger partial charge on any atom is 0.343 e. The van der Waals surface area contributed by atoms with Gasteiger partial charge in [0.15, 0.2) is 11.6 Å². The van der Waals surface area contributed by atoms with E-state index in [2.05, 4.69) is 11.8 Å². The van der Waals surface area contributed by atoms with E-state index in [0.717, 1.165) is 43.2 Å². The molecule has 7 heteroatoms. The maximum absolute atomic E-state index is 14.2. The first-order valence-corrected chi connectivity index (χ1v) is 9.78. The Bertz CT molecular complexity index is 1160. The number of hydrogen-bond acceptors (Lipinski definition) is 3. The zero-order valence-electron chi connectivity index (χ0n) is 17.1. The van der Waals surface area contributed by atoms with Gasteiger partial charge in [-0.1, -0.05) is 25.2 Å². The molecule has 0 aromatic heterocycles. The van der Waals surface area contributed by atoms with Crippen LogP contribution in [0.1, 0.15) is 41.3 Å². The fourth-order valence-electron chi connectivity index (χ4n) is 2.62. The van der Waals surface area contributed by atoms with Crippen molar-refractivity contribution in [3.8, 4) is 23.3 Å². The zero-order valence-corrected chi connectivity index (χ0v) is 17.1. The molecular weight excluding hydrogens is 424 g/mol. The zero-order chi connectivity index (χ0) is 23.1. The van der Waals surface area contributed by atoms with Gasteiger partial charge in [-0.2, -0.15) is 0 Å². The summed E-state index contributed by atoms with van der Waals surface area (Å²) in [7, 11) is 0. The van der Waals surface area contributed by atoms with E-state index in [0.29, 0.717) is 12.2 Å². The topological polar surface area (TPSA) is 35.5 Å². The summed E-state index contributed by atoms with van der Waals surface area (Å²) in [6.07, 6.45) is 1.67. The number of ether oxygens (including phenoxy) is 2. The number of rotatable bonds is 6. The Morgan fingerprint density at radius 1 is 0.812 bits per heavy atom. The van der Waals surface area contributed by atoms with Crippen molar-refractivity contribution in [1.82, 2.24) is 0 Å². The maximum atomic E-state index is 14.2. The van der Waals surface area contributed by atoms with E-state index in [1.54, 1.807) is 0 Å². The summed E-state index contributed by atoms with van der Waals surface area (Å²) in [5, 5.41) is 0. The van der Waals surface area contributed by atoms with Crippen LogP contribution in [0.4, 0.5) is 17.6 Å². The van der Waals surface area contributed by atoms with Crippen molar-refractivity contribution in [2.45, 2.75) is 19.8 Å². The molecule has 0 radical (unpaired) electrons. The van der Waals surface area contributed by atoms with Gasteiger partial charge in [-0.15, -0.1) is 0 Å². The van der Waals surface area contributed by atoms with Crippen LogP contribution in [0.15, 0.2) is 54.6 Å². The van der Waals surface area contributed by atoms with Gasteiger partial charge in [0, 0.05) is 23.8 Å². The first kappa shape index (κ1) is 22.9. The van der Waals surface area contributed by atoms with Crippen LogP contribution in [-0.4, -0.2) is 12.6 Å². The summed E-state index contributed by atoms with van der Waals surface area (Å²) in [6, 6.07) is 10.6. The Morgan fingerprint density at radius 3 is 2.09 bits per heavy atom. The molecule has 32 heavy (non-hydrogen) atoms. The molecule has 0 spiro atoms. The van der Waals surface area contributed by atoms with Gasteiger partial charge in [-0.25, -0.2) is 22.4 Å². The highest BCUT2D eigenvalue weighted by Gasteiger charge is 2.12. The number of halogens is 4. The predicted octanol–water partition coefficient (Wildman–Crippen LogP) is 6.04. The molecule has 0 N–H and O–H groups in total. The van der Waals surface area contributed by atoms with Crippen molar-refractivity contribution in [3.63, 3.8) is 0 Å². The SMILES string of the molecule is CCCCOc1cc(F)c(C#Cc2ccc(C(=O)Oc3ccc(F)c(F)c3)cc2)c(F)c1. The molecule has 0 heterocycles. The molecule has 3 aromatic carbocycles. The van der Waals surface area contributed by atoms with Crippen molar-refractivity contribution >= 4 is 5.97 Å². The molecule has 3 aromatic rings. The van der Waals surface area contributed by atoms with E-state index in [1.807, 2.05) is 6.92 Å². The van der Waals surface area contributed by atoms with Gasteiger partial charge < -0.3 is 9.47 Å². The van der Waals surface area contributed by atoms with Gasteiger partial charge in [-0.05, 0) is 42.8 Å². The van der Waals surface area contributed by atoms with Crippen molar-refractivity contribution < 1.29 is 31.8 Å². The van der Waals surface area contributed by atoms with Crippen LogP contribution in [0.25, 0.3) is 0 Å². The Hall–Kier alpha value is -3.79. The predicted molar refractivity (Wildman–Crippen MR) is 110 cm³/mol. The Balaban J connectivity index is 1.70. The largest absolute Gasteiger partial charge is 0.493 e. The molecule has 0 aliphatic rings. The molecule has 3 rings (SSSR count). The highest BCUT2D eigenvalue weighted by atomic mass is 19.2. The number of carbonyl (C=O) groups is 1. The highest BCUT2D eigenvalue weighted by molar-refractivity contribution is 5.91. The second-order valence-corrected chi connectivity index (χ2v) is 6.76. The van der Waals surface area contributed by atoms with Crippen LogP contribution < -0.4 is 9.47 Å². The third-order valence-electron chi connectivity index (χ3n) is 4.34. The van der Waals surface area contributed by atoms with E-state index in [4.69, 9.17) is 9.47 Å². The quantitative estimate of drug-likeness (QED) is 0.154. The first-order valence-electron chi connectivity index (χ1n) is 9.78. The second kappa shape index (κ2) is 10.5. The molecule has 0 unspecified atom stereocenters. The third-order valence-corrected chi connectivity index (χ3v) is 4.34. The number of esters is 1. The molecule has 164 valence electrons. The smallest absolute Gasteiger partial charge is 0.343 e. The summed E-state index contributed by atoms with van der Waals surface area (Å²) in [4.78, 5) is 12.1. The van der Waals surface area contributed by atoms with E-state index < -0.39 is 34.8 Å².